The van der Waals surface area contributed by atoms with Crippen LogP contribution < -0.4 is 16.0 Å². The maximum absolute atomic E-state index is 12.1. The quantitative estimate of drug-likeness (QED) is 0.387. The smallest absolute Gasteiger partial charge is 0.244 e. The summed E-state index contributed by atoms with van der Waals surface area (Å²) in [6.45, 7) is 0.604. The van der Waals surface area contributed by atoms with Gasteiger partial charge in [0.25, 0.3) is 0 Å². The predicted octanol–water partition coefficient (Wildman–Crippen LogP) is 0.605. The molecular formula is C12H20N4O3S. The van der Waals surface area contributed by atoms with E-state index in [1.165, 1.54) is 25.1 Å². The van der Waals surface area contributed by atoms with E-state index in [1.807, 2.05) is 0 Å². The van der Waals surface area contributed by atoms with E-state index in [9.17, 15) is 8.42 Å². The fourth-order valence-corrected chi connectivity index (χ4v) is 3.38. The molecule has 2 rings (SSSR count). The van der Waals surface area contributed by atoms with E-state index >= 15 is 0 Å². The van der Waals surface area contributed by atoms with Gasteiger partial charge in [0.1, 0.15) is 4.90 Å². The van der Waals surface area contributed by atoms with Gasteiger partial charge in [-0.1, -0.05) is 12.8 Å². The third-order valence-electron chi connectivity index (χ3n) is 3.25. The highest BCUT2D eigenvalue weighted by Crippen LogP contribution is 2.20. The lowest BCUT2D eigenvalue weighted by Gasteiger charge is -2.12. The lowest BCUT2D eigenvalue weighted by molar-refractivity contribution is 0.0626. The van der Waals surface area contributed by atoms with Crippen LogP contribution in [0.5, 0.6) is 0 Å². The highest BCUT2D eigenvalue weighted by atomic mass is 32.2. The van der Waals surface area contributed by atoms with Gasteiger partial charge in [-0.25, -0.2) is 24.0 Å². The third kappa shape index (κ3) is 3.89. The lowest BCUT2D eigenvalue weighted by Crippen LogP contribution is -2.29. The van der Waals surface area contributed by atoms with Crippen molar-refractivity contribution in [2.75, 3.05) is 18.6 Å². The maximum atomic E-state index is 12.1. The second-order valence-electron chi connectivity index (χ2n) is 4.67. The number of anilines is 1. The summed E-state index contributed by atoms with van der Waals surface area (Å²) in [5, 5.41) is 0. The van der Waals surface area contributed by atoms with Crippen molar-refractivity contribution >= 4 is 15.8 Å². The Morgan fingerprint density at radius 2 is 2.15 bits per heavy atom. The zero-order valence-electron chi connectivity index (χ0n) is 11.2. The number of hydrogen-bond donors (Lipinski definition) is 3. The van der Waals surface area contributed by atoms with Crippen LogP contribution in [0, 0.1) is 0 Å². The van der Waals surface area contributed by atoms with E-state index < -0.39 is 10.0 Å². The second kappa shape index (κ2) is 6.98. The van der Waals surface area contributed by atoms with Crippen molar-refractivity contribution in [3.8, 4) is 0 Å². The summed E-state index contributed by atoms with van der Waals surface area (Å²) >= 11 is 0. The molecule has 4 N–H and O–H groups in total. The average Bonchev–Trinajstić information content (AvgIpc) is 2.97. The molecule has 1 fully saturated rings. The molecule has 0 aliphatic heterocycles. The largest absolute Gasteiger partial charge is 0.377 e. The van der Waals surface area contributed by atoms with Crippen LogP contribution in [0.25, 0.3) is 0 Å². The molecule has 20 heavy (non-hydrogen) atoms. The fourth-order valence-electron chi connectivity index (χ4n) is 2.25. The van der Waals surface area contributed by atoms with Crippen molar-refractivity contribution in [1.29, 1.82) is 0 Å². The molecule has 0 saturated heterocycles. The summed E-state index contributed by atoms with van der Waals surface area (Å²) in [7, 11) is -3.63. The highest BCUT2D eigenvalue weighted by molar-refractivity contribution is 7.89. The molecule has 1 saturated carbocycles. The number of pyridine rings is 1. The molecule has 0 amide bonds. The molecule has 1 aliphatic carbocycles. The Morgan fingerprint density at radius 3 is 2.85 bits per heavy atom. The first-order chi connectivity index (χ1) is 9.63. The Morgan fingerprint density at radius 1 is 1.40 bits per heavy atom. The number of hydrazine groups is 1. The number of ether oxygens (including phenoxy) is 1. The summed E-state index contributed by atoms with van der Waals surface area (Å²) in [5.41, 5.74) is 2.28. The number of nitrogens with two attached hydrogens (primary N) is 1. The molecule has 8 heteroatoms. The lowest BCUT2D eigenvalue weighted by atomic mass is 10.3. The Balaban J connectivity index is 1.87. The third-order valence-corrected chi connectivity index (χ3v) is 4.74. The van der Waals surface area contributed by atoms with Crippen molar-refractivity contribution in [1.82, 2.24) is 9.71 Å². The number of hydrogen-bond acceptors (Lipinski definition) is 6. The highest BCUT2D eigenvalue weighted by Gasteiger charge is 2.19. The molecule has 1 heterocycles. The van der Waals surface area contributed by atoms with E-state index in [2.05, 4.69) is 15.1 Å². The van der Waals surface area contributed by atoms with Gasteiger partial charge in [0, 0.05) is 12.7 Å². The van der Waals surface area contributed by atoms with E-state index in [0.29, 0.717) is 6.61 Å². The van der Waals surface area contributed by atoms with Crippen LogP contribution in [0.2, 0.25) is 0 Å². The molecule has 1 aromatic rings. The molecule has 0 unspecified atom stereocenters. The molecule has 0 radical (unpaired) electrons. The van der Waals surface area contributed by atoms with Crippen LogP contribution in [-0.2, 0) is 14.8 Å². The first-order valence-corrected chi connectivity index (χ1v) is 8.14. The van der Waals surface area contributed by atoms with Gasteiger partial charge in [0.05, 0.1) is 12.7 Å². The molecule has 0 atom stereocenters. The van der Waals surface area contributed by atoms with Crippen LogP contribution in [0.4, 0.5) is 5.82 Å². The average molecular weight is 300 g/mol. The molecule has 0 spiro atoms. The molecule has 112 valence electrons. The van der Waals surface area contributed by atoms with Crippen molar-refractivity contribution in [3.05, 3.63) is 18.3 Å². The van der Waals surface area contributed by atoms with Gasteiger partial charge < -0.3 is 10.2 Å². The van der Waals surface area contributed by atoms with Crippen molar-refractivity contribution in [3.63, 3.8) is 0 Å². The Kier molecular flexibility index (Phi) is 5.30. The van der Waals surface area contributed by atoms with Crippen LogP contribution in [0.15, 0.2) is 23.2 Å². The first-order valence-electron chi connectivity index (χ1n) is 6.66. The number of nitrogens with one attached hydrogen (secondary N) is 2. The van der Waals surface area contributed by atoms with Gasteiger partial charge in [-0.3, -0.25) is 0 Å². The van der Waals surface area contributed by atoms with Crippen molar-refractivity contribution in [2.45, 2.75) is 36.7 Å². The molecule has 1 aromatic heterocycles. The van der Waals surface area contributed by atoms with E-state index in [4.69, 9.17) is 10.6 Å². The summed E-state index contributed by atoms with van der Waals surface area (Å²) in [6.07, 6.45) is 6.26. The van der Waals surface area contributed by atoms with Gasteiger partial charge in [0.2, 0.25) is 10.0 Å². The fraction of sp³-hybridized carbons (Fsp3) is 0.583. The number of nitrogens with zero attached hydrogens (tertiary/aromatic N) is 1. The Hall–Kier alpha value is -1.22. The number of sulfonamides is 1. The number of aromatic nitrogens is 1. The minimum Gasteiger partial charge on any atom is -0.377 e. The summed E-state index contributed by atoms with van der Waals surface area (Å²) in [5.74, 6) is 5.38. The SMILES string of the molecule is NNc1ncccc1S(=O)(=O)NCCOC1CCCC1. The predicted molar refractivity (Wildman–Crippen MR) is 75.4 cm³/mol. The second-order valence-corrected chi connectivity index (χ2v) is 6.40. The summed E-state index contributed by atoms with van der Waals surface area (Å²) in [4.78, 5) is 3.90. The molecule has 0 aromatic carbocycles. The number of nitrogen functional groups attached to an aromatic ring is 1. The van der Waals surface area contributed by atoms with Crippen LogP contribution >= 0.6 is 0 Å². The summed E-state index contributed by atoms with van der Waals surface area (Å²) in [6, 6.07) is 2.99. The zero-order valence-corrected chi connectivity index (χ0v) is 12.0. The maximum Gasteiger partial charge on any atom is 0.244 e. The van der Waals surface area contributed by atoms with Gasteiger partial charge >= 0.3 is 0 Å². The Bertz CT molecular complexity index is 529. The molecular weight excluding hydrogens is 280 g/mol. The van der Waals surface area contributed by atoms with Gasteiger partial charge in [0.15, 0.2) is 5.82 Å². The standard InChI is InChI=1S/C12H20N4O3S/c13-16-12-11(6-3-7-14-12)20(17,18)15-8-9-19-10-4-1-2-5-10/h3,6-7,10,15H,1-2,4-5,8-9,13H2,(H,14,16). The molecule has 7 nitrogen and oxygen atoms in total. The van der Waals surface area contributed by atoms with E-state index in [-0.39, 0.29) is 23.4 Å². The zero-order chi connectivity index (χ0) is 14.4. The van der Waals surface area contributed by atoms with Gasteiger partial charge in [-0.2, -0.15) is 0 Å². The van der Waals surface area contributed by atoms with Crippen molar-refractivity contribution in [2.24, 2.45) is 5.84 Å². The van der Waals surface area contributed by atoms with Crippen LogP contribution in [-0.4, -0.2) is 32.7 Å². The Labute approximate surface area is 118 Å². The minimum atomic E-state index is -3.63. The number of rotatable bonds is 7. The molecule has 1 aliphatic rings. The van der Waals surface area contributed by atoms with Gasteiger partial charge in [-0.05, 0) is 25.0 Å². The van der Waals surface area contributed by atoms with Crippen LogP contribution in [0.1, 0.15) is 25.7 Å². The van der Waals surface area contributed by atoms with E-state index in [1.54, 1.807) is 6.07 Å². The molecule has 0 bridgehead atoms. The normalized spacial score (nSPS) is 16.4. The first kappa shape index (κ1) is 15.2. The summed E-state index contributed by atoms with van der Waals surface area (Å²) < 4.78 is 32.3. The monoisotopic (exact) mass is 300 g/mol. The van der Waals surface area contributed by atoms with Crippen LogP contribution in [0.3, 0.4) is 0 Å². The van der Waals surface area contributed by atoms with Crippen molar-refractivity contribution < 1.29 is 13.2 Å². The van der Waals surface area contributed by atoms with E-state index in [0.717, 1.165) is 12.8 Å². The topological polar surface area (TPSA) is 106 Å². The van der Waals surface area contributed by atoms with Gasteiger partial charge in [-0.15, -0.1) is 0 Å². The minimum absolute atomic E-state index is 0.0309.